The molecule has 2 fully saturated rings. The molecule has 0 bridgehead atoms. The first-order valence-electron chi connectivity index (χ1n) is 20.7. The Morgan fingerprint density at radius 2 is 1.41 bits per heavy atom. The van der Waals surface area contributed by atoms with Gasteiger partial charge in [0.2, 0.25) is 24.1 Å². The fourth-order valence-electron chi connectivity index (χ4n) is 6.38. The minimum Gasteiger partial charge on any atom is -0.355 e. The quantitative estimate of drug-likeness (QED) is 0.124. The Hall–Kier alpha value is -4.31. The standard InChI is InChI=1S/C19H32N4O4.C14H12O.C9H19N.C4H10/c1-6-21-18(26)15-8-7-9-23(15)19(27)14(4)10-16(13(2)3)22(5)17(25)11-20-12-24;1-11-7-9-13(10-8-11)14(15)12-5-3-2-4-6-12;1-3-9(2)10-7-5-4-6-8-10;1-4(2)3/h10,12-13,15-16H,6-9,11H2,1-5H3,(H,20,24)(H,21,26);2-10H,1H3;9H,3-8H2,1-2H3;4H,1-3H3/b14-10+;;;/t15-,16+;;;/m0.../s1. The Morgan fingerprint density at radius 1 is 0.839 bits per heavy atom. The number of rotatable bonds is 13. The highest BCUT2D eigenvalue weighted by molar-refractivity contribution is 6.08. The second-order valence-electron chi connectivity index (χ2n) is 15.8. The lowest BCUT2D eigenvalue weighted by atomic mass is 9.99. The molecule has 2 N–H and O–H groups in total. The first-order valence-corrected chi connectivity index (χ1v) is 20.7. The highest BCUT2D eigenvalue weighted by Gasteiger charge is 2.34. The first kappa shape index (κ1) is 49.7. The maximum atomic E-state index is 12.9. The van der Waals surface area contributed by atoms with E-state index in [4.69, 9.17) is 0 Å². The van der Waals surface area contributed by atoms with Gasteiger partial charge in [-0.15, -0.1) is 0 Å². The number of hydrogen-bond donors (Lipinski definition) is 2. The highest BCUT2D eigenvalue weighted by atomic mass is 16.2. The first-order chi connectivity index (χ1) is 26.6. The number of piperidine rings is 1. The number of carbonyl (C=O) groups is 5. The van der Waals surface area contributed by atoms with Crippen LogP contribution in [0.5, 0.6) is 0 Å². The maximum Gasteiger partial charge on any atom is 0.249 e. The van der Waals surface area contributed by atoms with Crippen molar-refractivity contribution in [2.75, 3.05) is 39.8 Å². The van der Waals surface area contributed by atoms with Crippen molar-refractivity contribution in [1.82, 2.24) is 25.3 Å². The molecule has 10 heteroatoms. The lowest BCUT2D eigenvalue weighted by Crippen LogP contribution is -2.47. The number of likely N-dealkylation sites (tertiary alicyclic amines) is 2. The zero-order chi connectivity index (χ0) is 42.2. The summed E-state index contributed by atoms with van der Waals surface area (Å²) >= 11 is 0. The lowest BCUT2D eigenvalue weighted by Gasteiger charge is -2.31. The van der Waals surface area contributed by atoms with E-state index in [1.807, 2.05) is 82.3 Å². The average Bonchev–Trinajstić information content (AvgIpc) is 3.69. The van der Waals surface area contributed by atoms with Crippen molar-refractivity contribution >= 4 is 29.9 Å². The van der Waals surface area contributed by atoms with E-state index < -0.39 is 6.04 Å². The van der Waals surface area contributed by atoms with Crippen LogP contribution >= 0.6 is 0 Å². The number of aryl methyl sites for hydroxylation is 1. The summed E-state index contributed by atoms with van der Waals surface area (Å²) in [4.78, 5) is 65.4. The lowest BCUT2D eigenvalue weighted by molar-refractivity contribution is -0.135. The van der Waals surface area contributed by atoms with Gasteiger partial charge in [-0.3, -0.25) is 24.0 Å². The number of carbonyl (C=O) groups excluding carboxylic acids is 5. The number of nitrogens with zero attached hydrogens (tertiary/aromatic N) is 3. The third-order valence-electron chi connectivity index (χ3n) is 9.74. The maximum absolute atomic E-state index is 12.9. The zero-order valence-electron chi connectivity index (χ0n) is 36.4. The number of hydrogen-bond acceptors (Lipinski definition) is 6. The second-order valence-corrected chi connectivity index (χ2v) is 15.8. The summed E-state index contributed by atoms with van der Waals surface area (Å²) in [5.74, 6) is 0.454. The third kappa shape index (κ3) is 18.1. The summed E-state index contributed by atoms with van der Waals surface area (Å²) in [5.41, 5.74) is 3.15. The second kappa shape index (κ2) is 27.3. The molecule has 2 aromatic rings. The van der Waals surface area contributed by atoms with E-state index in [-0.39, 0.29) is 42.0 Å². The molecule has 0 saturated carbocycles. The van der Waals surface area contributed by atoms with E-state index in [2.05, 4.69) is 50.2 Å². The van der Waals surface area contributed by atoms with Gasteiger partial charge < -0.3 is 25.3 Å². The molecule has 0 aromatic heterocycles. The number of nitrogens with one attached hydrogen (secondary N) is 2. The van der Waals surface area contributed by atoms with Crippen LogP contribution in [0.2, 0.25) is 0 Å². The van der Waals surface area contributed by atoms with Gasteiger partial charge in [-0.1, -0.05) is 114 Å². The van der Waals surface area contributed by atoms with E-state index >= 15 is 0 Å². The van der Waals surface area contributed by atoms with Gasteiger partial charge in [0.25, 0.3) is 0 Å². The van der Waals surface area contributed by atoms with Crippen LogP contribution < -0.4 is 10.6 Å². The molecule has 4 amide bonds. The molecule has 2 aromatic carbocycles. The normalized spacial score (nSPS) is 16.5. The van der Waals surface area contributed by atoms with Gasteiger partial charge in [-0.05, 0) is 84.7 Å². The zero-order valence-corrected chi connectivity index (χ0v) is 36.4. The summed E-state index contributed by atoms with van der Waals surface area (Å²) < 4.78 is 0. The predicted molar refractivity (Wildman–Crippen MR) is 229 cm³/mol. The van der Waals surface area contributed by atoms with Crippen molar-refractivity contribution < 1.29 is 24.0 Å². The molecular formula is C46H73N5O5. The van der Waals surface area contributed by atoms with Crippen molar-refractivity contribution in [2.45, 2.75) is 126 Å². The fourth-order valence-corrected chi connectivity index (χ4v) is 6.38. The highest BCUT2D eigenvalue weighted by Crippen LogP contribution is 2.22. The van der Waals surface area contributed by atoms with E-state index in [1.54, 1.807) is 24.9 Å². The molecule has 2 saturated heterocycles. The van der Waals surface area contributed by atoms with Gasteiger partial charge in [0.05, 0.1) is 12.6 Å². The van der Waals surface area contributed by atoms with Crippen LogP contribution in [-0.4, -0.2) is 103 Å². The SMILES string of the molecule is CC(C)C.CCC(C)N1CCCCC1.CCNC(=O)[C@@H]1CCCN1C(=O)/C(C)=C/[C@H](C(C)C)N(C)C(=O)CNC=O.Cc1ccc(C(=O)c2ccccc2)cc1. The Labute approximate surface area is 338 Å². The Balaban J connectivity index is 0.000000447. The number of likely N-dealkylation sites (N-methyl/N-ethyl adjacent to an activating group) is 2. The van der Waals surface area contributed by atoms with Crippen molar-refractivity contribution in [3.8, 4) is 0 Å². The summed E-state index contributed by atoms with van der Waals surface area (Å²) in [7, 11) is 1.65. The van der Waals surface area contributed by atoms with Crippen LogP contribution in [0.1, 0.15) is 122 Å². The third-order valence-corrected chi connectivity index (χ3v) is 9.74. The molecule has 0 aliphatic carbocycles. The van der Waals surface area contributed by atoms with Crippen LogP contribution in [0.25, 0.3) is 0 Å². The molecule has 4 rings (SSSR count). The van der Waals surface area contributed by atoms with Crippen LogP contribution in [-0.2, 0) is 19.2 Å². The molecule has 3 atom stereocenters. The van der Waals surface area contributed by atoms with E-state index in [0.717, 1.165) is 29.5 Å². The topological polar surface area (TPSA) is 119 Å². The number of benzene rings is 2. The minimum atomic E-state index is -0.436. The van der Waals surface area contributed by atoms with Crippen LogP contribution in [0.4, 0.5) is 0 Å². The summed E-state index contributed by atoms with van der Waals surface area (Å²) in [6.07, 6.45) is 9.31. The Bertz CT molecular complexity index is 1480. The number of ketones is 1. The molecule has 312 valence electrons. The van der Waals surface area contributed by atoms with E-state index in [9.17, 15) is 24.0 Å². The largest absolute Gasteiger partial charge is 0.355 e. The monoisotopic (exact) mass is 776 g/mol. The minimum absolute atomic E-state index is 0.0793. The van der Waals surface area contributed by atoms with Crippen LogP contribution in [0.3, 0.4) is 0 Å². The Kier molecular flexibility index (Phi) is 24.2. The van der Waals surface area contributed by atoms with Crippen molar-refractivity contribution in [3.05, 3.63) is 82.9 Å². The van der Waals surface area contributed by atoms with Gasteiger partial charge >= 0.3 is 0 Å². The van der Waals surface area contributed by atoms with Gasteiger partial charge in [-0.2, -0.15) is 0 Å². The Morgan fingerprint density at radius 3 is 1.93 bits per heavy atom. The predicted octanol–water partition coefficient (Wildman–Crippen LogP) is 7.45. The summed E-state index contributed by atoms with van der Waals surface area (Å²) in [6.45, 7) is 24.3. The molecule has 2 heterocycles. The van der Waals surface area contributed by atoms with Gasteiger partial charge in [0, 0.05) is 42.9 Å². The molecule has 0 spiro atoms. The molecule has 56 heavy (non-hydrogen) atoms. The van der Waals surface area contributed by atoms with Crippen LogP contribution in [0, 0.1) is 18.8 Å². The van der Waals surface area contributed by atoms with E-state index in [0.29, 0.717) is 31.5 Å². The van der Waals surface area contributed by atoms with Crippen LogP contribution in [0.15, 0.2) is 66.2 Å². The van der Waals surface area contributed by atoms with Gasteiger partial charge in [-0.25, -0.2) is 0 Å². The molecule has 2 aliphatic rings. The van der Waals surface area contributed by atoms with Crippen molar-refractivity contribution in [3.63, 3.8) is 0 Å². The fraction of sp³-hybridized carbons (Fsp3) is 0.587. The average molecular weight is 776 g/mol. The molecule has 1 unspecified atom stereocenters. The van der Waals surface area contributed by atoms with Crippen molar-refractivity contribution in [2.24, 2.45) is 11.8 Å². The molecule has 0 radical (unpaired) electrons. The van der Waals surface area contributed by atoms with E-state index in [1.165, 1.54) is 49.2 Å². The van der Waals surface area contributed by atoms with Gasteiger partial charge in [0.15, 0.2) is 5.78 Å². The number of amides is 4. The summed E-state index contributed by atoms with van der Waals surface area (Å²) in [5, 5.41) is 5.14. The van der Waals surface area contributed by atoms with Crippen molar-refractivity contribution in [1.29, 1.82) is 0 Å². The molecule has 2 aliphatic heterocycles. The van der Waals surface area contributed by atoms with Gasteiger partial charge in [0.1, 0.15) is 6.04 Å². The smallest absolute Gasteiger partial charge is 0.249 e. The molecule has 10 nitrogen and oxygen atoms in total. The summed E-state index contributed by atoms with van der Waals surface area (Å²) in [6, 6.07) is 17.1. The molecular weight excluding hydrogens is 703 g/mol.